The van der Waals surface area contributed by atoms with E-state index < -0.39 is 0 Å². The fourth-order valence-corrected chi connectivity index (χ4v) is 6.31. The molecule has 0 bridgehead atoms. The molecule has 0 spiro atoms. The highest BCUT2D eigenvalue weighted by Crippen LogP contribution is 2.39. The number of hydrogen-bond donors (Lipinski definition) is 0. The average molecular weight is 614 g/mol. The lowest BCUT2D eigenvalue weighted by atomic mass is 10.1. The van der Waals surface area contributed by atoms with Crippen LogP contribution in [-0.4, -0.2) is 95.0 Å². The third kappa shape index (κ3) is 5.58. The Bertz CT molecular complexity index is 1680. The van der Waals surface area contributed by atoms with E-state index in [9.17, 15) is 9.59 Å². The molecule has 2 aromatic carbocycles. The van der Waals surface area contributed by atoms with Crippen LogP contribution >= 0.6 is 0 Å². The number of aliphatic imine (C=N–C) groups is 2. The minimum Gasteiger partial charge on any atom is -0.493 e. The van der Waals surface area contributed by atoms with Gasteiger partial charge in [-0.25, -0.2) is 0 Å². The Balaban J connectivity index is 0.954. The van der Waals surface area contributed by atoms with Gasteiger partial charge >= 0.3 is 0 Å². The molecule has 2 atom stereocenters. The van der Waals surface area contributed by atoms with E-state index in [0.29, 0.717) is 70.8 Å². The molecule has 0 radical (unpaired) electrons. The van der Waals surface area contributed by atoms with Crippen LogP contribution in [0, 0.1) is 0 Å². The summed E-state index contributed by atoms with van der Waals surface area (Å²) in [5.74, 6) is 1.92. The molecule has 0 unspecified atom stereocenters. The molecule has 2 amide bonds. The first-order chi connectivity index (χ1) is 22.0. The molecule has 2 fully saturated rings. The standard InChI is InChI=1S/C32H35N7O6/c1-42-27-12-23-25(33-16-21-6-3-9-38(21)31(23)40)14-29(27)44-11-5-8-37-18-20(35-36-37)19-45-30-15-26-24(13-28(30)43-2)32(41)39-10-4-7-22(39)17-34-26/h12-18,21-22H,3-11,19H2,1-2H3/t21-,22-/m0/s1. The van der Waals surface area contributed by atoms with Crippen LogP contribution < -0.4 is 18.9 Å². The maximum atomic E-state index is 13.1. The van der Waals surface area contributed by atoms with E-state index in [1.165, 1.54) is 0 Å². The predicted molar refractivity (Wildman–Crippen MR) is 165 cm³/mol. The quantitative estimate of drug-likeness (QED) is 0.314. The molecule has 1 aromatic heterocycles. The van der Waals surface area contributed by atoms with Crippen molar-refractivity contribution in [1.29, 1.82) is 0 Å². The van der Waals surface area contributed by atoms with Crippen molar-refractivity contribution in [1.82, 2.24) is 24.8 Å². The van der Waals surface area contributed by atoms with Gasteiger partial charge < -0.3 is 28.7 Å². The maximum Gasteiger partial charge on any atom is 0.256 e. The van der Waals surface area contributed by atoms with Gasteiger partial charge in [-0.15, -0.1) is 5.10 Å². The normalized spacial score (nSPS) is 19.9. The molecule has 0 N–H and O–H groups in total. The second-order valence-electron chi connectivity index (χ2n) is 11.5. The van der Waals surface area contributed by atoms with E-state index in [1.807, 2.05) is 28.4 Å². The Hall–Kier alpha value is -4.94. The number of carbonyl (C=O) groups is 2. The summed E-state index contributed by atoms with van der Waals surface area (Å²) in [5.41, 5.74) is 2.85. The highest BCUT2D eigenvalue weighted by atomic mass is 16.5. The number of methoxy groups -OCH3 is 2. The number of fused-ring (bicyclic) bond motifs is 4. The first-order valence-electron chi connectivity index (χ1n) is 15.3. The Labute approximate surface area is 260 Å². The van der Waals surface area contributed by atoms with Crippen molar-refractivity contribution in [3.05, 3.63) is 47.3 Å². The molecule has 13 heteroatoms. The molecule has 45 heavy (non-hydrogen) atoms. The molecule has 3 aromatic rings. The lowest BCUT2D eigenvalue weighted by Gasteiger charge is -2.20. The number of benzene rings is 2. The van der Waals surface area contributed by atoms with E-state index >= 15 is 0 Å². The van der Waals surface area contributed by atoms with Crippen LogP contribution in [0.1, 0.15) is 58.5 Å². The predicted octanol–water partition coefficient (Wildman–Crippen LogP) is 3.98. The van der Waals surface area contributed by atoms with Crippen molar-refractivity contribution >= 4 is 35.6 Å². The van der Waals surface area contributed by atoms with Crippen LogP contribution in [0.15, 0.2) is 40.4 Å². The van der Waals surface area contributed by atoms with Crippen LogP contribution in [0.25, 0.3) is 0 Å². The number of aromatic nitrogens is 3. The van der Waals surface area contributed by atoms with E-state index in [4.69, 9.17) is 18.9 Å². The van der Waals surface area contributed by atoms with E-state index in [1.54, 1.807) is 43.2 Å². The van der Waals surface area contributed by atoms with Gasteiger partial charge in [0.1, 0.15) is 12.3 Å². The molecule has 7 rings (SSSR count). The minimum atomic E-state index is -0.0359. The SMILES string of the molecule is COc1cc2c(cc1OCCCn1cc(COc3cc4c(cc3OC)C(=O)N3CCC[C@H]3C=N4)nn1)N=C[C@@H]1CCCN1C2=O. The van der Waals surface area contributed by atoms with E-state index in [-0.39, 0.29) is 30.5 Å². The third-order valence-corrected chi connectivity index (χ3v) is 8.67. The van der Waals surface area contributed by atoms with Crippen LogP contribution in [0.3, 0.4) is 0 Å². The smallest absolute Gasteiger partial charge is 0.256 e. The number of hydrogen-bond acceptors (Lipinski definition) is 10. The summed E-state index contributed by atoms with van der Waals surface area (Å²) in [4.78, 5) is 39.1. The summed E-state index contributed by atoms with van der Waals surface area (Å²) in [6.07, 6.45) is 10.0. The largest absolute Gasteiger partial charge is 0.493 e. The van der Waals surface area contributed by atoms with Crippen LogP contribution in [-0.2, 0) is 13.2 Å². The summed E-state index contributed by atoms with van der Waals surface area (Å²) in [6.45, 7) is 2.61. The zero-order valence-corrected chi connectivity index (χ0v) is 25.3. The second-order valence-corrected chi connectivity index (χ2v) is 11.5. The van der Waals surface area contributed by atoms with Gasteiger partial charge in [0.25, 0.3) is 11.8 Å². The Morgan fingerprint density at radius 3 is 1.93 bits per heavy atom. The summed E-state index contributed by atoms with van der Waals surface area (Å²) >= 11 is 0. The zero-order chi connectivity index (χ0) is 30.9. The van der Waals surface area contributed by atoms with Crippen molar-refractivity contribution in [3.63, 3.8) is 0 Å². The first-order valence-corrected chi connectivity index (χ1v) is 15.3. The highest BCUT2D eigenvalue weighted by molar-refractivity contribution is 6.04. The van der Waals surface area contributed by atoms with Crippen LogP contribution in [0.2, 0.25) is 0 Å². The van der Waals surface area contributed by atoms with Gasteiger partial charge in [-0.1, -0.05) is 5.21 Å². The van der Waals surface area contributed by atoms with Crippen molar-refractivity contribution in [2.45, 2.75) is 57.3 Å². The van der Waals surface area contributed by atoms with Gasteiger partial charge in [0, 0.05) is 50.6 Å². The Kier molecular flexibility index (Phi) is 7.82. The number of nitrogens with zero attached hydrogens (tertiary/aromatic N) is 7. The monoisotopic (exact) mass is 613 g/mol. The molecule has 4 aliphatic heterocycles. The number of ether oxygens (including phenoxy) is 4. The van der Waals surface area contributed by atoms with Gasteiger partial charge in [0.2, 0.25) is 0 Å². The third-order valence-electron chi connectivity index (χ3n) is 8.67. The molecule has 0 saturated carbocycles. The maximum absolute atomic E-state index is 13.1. The van der Waals surface area contributed by atoms with Gasteiger partial charge in [0.05, 0.1) is 61.6 Å². The lowest BCUT2D eigenvalue weighted by Crippen LogP contribution is -2.35. The lowest BCUT2D eigenvalue weighted by molar-refractivity contribution is 0.0766. The molecule has 2 saturated heterocycles. The Morgan fingerprint density at radius 2 is 1.36 bits per heavy atom. The Morgan fingerprint density at radius 1 is 0.778 bits per heavy atom. The first kappa shape index (κ1) is 28.8. The van der Waals surface area contributed by atoms with Crippen LogP contribution in [0.4, 0.5) is 11.4 Å². The molecule has 4 aliphatic rings. The number of rotatable bonds is 10. The second kappa shape index (κ2) is 12.2. The van der Waals surface area contributed by atoms with Crippen molar-refractivity contribution in [2.24, 2.45) is 9.98 Å². The van der Waals surface area contributed by atoms with Crippen LogP contribution in [0.5, 0.6) is 23.0 Å². The average Bonchev–Trinajstić information content (AvgIpc) is 3.81. The summed E-state index contributed by atoms with van der Waals surface area (Å²) in [6, 6.07) is 7.02. The number of carbonyl (C=O) groups excluding carboxylic acids is 2. The van der Waals surface area contributed by atoms with Gasteiger partial charge in [-0.3, -0.25) is 24.3 Å². The van der Waals surface area contributed by atoms with Crippen molar-refractivity contribution in [2.75, 3.05) is 33.9 Å². The molecule has 13 nitrogen and oxygen atoms in total. The molecule has 0 aliphatic carbocycles. The summed E-state index contributed by atoms with van der Waals surface area (Å²) in [5, 5.41) is 8.46. The molecule has 234 valence electrons. The minimum absolute atomic E-state index is 0.0229. The fourth-order valence-electron chi connectivity index (χ4n) is 6.31. The van der Waals surface area contributed by atoms with E-state index in [2.05, 4.69) is 20.3 Å². The topological polar surface area (TPSA) is 133 Å². The number of aryl methyl sites for hydroxylation is 1. The number of amides is 2. The highest BCUT2D eigenvalue weighted by Gasteiger charge is 2.34. The van der Waals surface area contributed by atoms with Gasteiger partial charge in [-0.2, -0.15) is 0 Å². The van der Waals surface area contributed by atoms with Gasteiger partial charge in [-0.05, 0) is 37.8 Å². The molecule has 5 heterocycles. The summed E-state index contributed by atoms with van der Waals surface area (Å²) in [7, 11) is 3.11. The molecular weight excluding hydrogens is 578 g/mol. The van der Waals surface area contributed by atoms with Crippen molar-refractivity contribution < 1.29 is 28.5 Å². The molecular formula is C32H35N7O6. The zero-order valence-electron chi connectivity index (χ0n) is 25.3. The van der Waals surface area contributed by atoms with Gasteiger partial charge in [0.15, 0.2) is 23.0 Å². The van der Waals surface area contributed by atoms with Crippen molar-refractivity contribution in [3.8, 4) is 23.0 Å². The van der Waals surface area contributed by atoms with E-state index in [0.717, 1.165) is 38.8 Å². The summed E-state index contributed by atoms with van der Waals surface area (Å²) < 4.78 is 24.9. The fraction of sp³-hybridized carbons (Fsp3) is 0.438.